The van der Waals surface area contributed by atoms with Crippen molar-refractivity contribution < 1.29 is 14.4 Å². The predicted molar refractivity (Wildman–Crippen MR) is 94.9 cm³/mol. The van der Waals surface area contributed by atoms with Gasteiger partial charge in [-0.2, -0.15) is 5.10 Å². The molecule has 1 aliphatic rings. The number of hydrogen-bond acceptors (Lipinski definition) is 6. The largest absolute Gasteiger partial charge is 0.477 e. The SMILES string of the molecule is C/C=N/N1CCN(Cc2onc(-c3ccc(Cl)cc3)c2C(=O)O)CC1. The normalized spacial score (nSPS) is 15.8. The molecule has 2 heterocycles. The van der Waals surface area contributed by atoms with Gasteiger partial charge in [0.15, 0.2) is 5.76 Å². The van der Waals surface area contributed by atoms with Crippen molar-refractivity contribution in [2.75, 3.05) is 26.2 Å². The number of hydrazone groups is 1. The summed E-state index contributed by atoms with van der Waals surface area (Å²) in [4.78, 5) is 13.9. The number of carboxylic acids is 1. The second-order valence-corrected chi connectivity index (χ2v) is 6.18. The van der Waals surface area contributed by atoms with Crippen LogP contribution in [0.4, 0.5) is 0 Å². The standard InChI is InChI=1S/C17H19ClN4O3/c1-2-19-22-9-7-21(8-10-22)11-14-15(17(23)24)16(20-25-14)12-3-5-13(18)6-4-12/h2-6H,7-11H2,1H3,(H,23,24)/b19-2+. The Hall–Kier alpha value is -2.38. The summed E-state index contributed by atoms with van der Waals surface area (Å²) >= 11 is 5.89. The second-order valence-electron chi connectivity index (χ2n) is 5.74. The van der Waals surface area contributed by atoms with Gasteiger partial charge >= 0.3 is 5.97 Å². The Morgan fingerprint density at radius 1 is 1.32 bits per heavy atom. The molecule has 2 aromatic rings. The van der Waals surface area contributed by atoms with Gasteiger partial charge in [-0.15, -0.1) is 0 Å². The molecule has 1 aromatic carbocycles. The van der Waals surface area contributed by atoms with Crippen LogP contribution in [0.2, 0.25) is 5.02 Å². The van der Waals surface area contributed by atoms with Crippen molar-refractivity contribution in [3.05, 3.63) is 40.6 Å². The van der Waals surface area contributed by atoms with Crippen molar-refractivity contribution in [1.82, 2.24) is 15.1 Å². The summed E-state index contributed by atoms with van der Waals surface area (Å²) in [6.45, 7) is 5.46. The van der Waals surface area contributed by atoms with E-state index in [-0.39, 0.29) is 5.56 Å². The van der Waals surface area contributed by atoms with Gasteiger partial charge in [-0.05, 0) is 19.1 Å². The highest BCUT2D eigenvalue weighted by molar-refractivity contribution is 6.30. The zero-order valence-corrected chi connectivity index (χ0v) is 14.6. The molecule has 1 saturated heterocycles. The molecule has 1 N–H and O–H groups in total. The monoisotopic (exact) mass is 362 g/mol. The number of piperazine rings is 1. The van der Waals surface area contributed by atoms with E-state index < -0.39 is 5.97 Å². The van der Waals surface area contributed by atoms with Crippen LogP contribution in [0.3, 0.4) is 0 Å². The molecule has 132 valence electrons. The van der Waals surface area contributed by atoms with E-state index in [2.05, 4.69) is 15.2 Å². The maximum Gasteiger partial charge on any atom is 0.341 e. The van der Waals surface area contributed by atoms with Crippen molar-refractivity contribution in [3.63, 3.8) is 0 Å². The van der Waals surface area contributed by atoms with Crippen molar-refractivity contribution in [2.24, 2.45) is 5.10 Å². The average Bonchev–Trinajstić information content (AvgIpc) is 3.01. The molecule has 0 aliphatic carbocycles. The molecule has 0 atom stereocenters. The third-order valence-corrected chi connectivity index (χ3v) is 4.34. The van der Waals surface area contributed by atoms with Gasteiger partial charge in [-0.25, -0.2) is 4.79 Å². The summed E-state index contributed by atoms with van der Waals surface area (Å²) in [5.74, 6) is -0.680. The number of aromatic carboxylic acids is 1. The molecule has 8 heteroatoms. The zero-order chi connectivity index (χ0) is 17.8. The number of halogens is 1. The fourth-order valence-corrected chi connectivity index (χ4v) is 2.96. The molecular weight excluding hydrogens is 344 g/mol. The minimum absolute atomic E-state index is 0.108. The molecule has 3 rings (SSSR count). The fraction of sp³-hybridized carbons (Fsp3) is 0.353. The Bertz CT molecular complexity index is 765. The Morgan fingerprint density at radius 3 is 2.60 bits per heavy atom. The third kappa shape index (κ3) is 4.00. The molecule has 0 amide bonds. The average molecular weight is 363 g/mol. The van der Waals surface area contributed by atoms with Crippen LogP contribution < -0.4 is 0 Å². The summed E-state index contributed by atoms with van der Waals surface area (Å²) in [6, 6.07) is 6.87. The van der Waals surface area contributed by atoms with Crippen LogP contribution in [-0.4, -0.2) is 58.5 Å². The highest BCUT2D eigenvalue weighted by atomic mass is 35.5. The van der Waals surface area contributed by atoms with Crippen molar-refractivity contribution in [2.45, 2.75) is 13.5 Å². The smallest absolute Gasteiger partial charge is 0.341 e. The molecule has 1 fully saturated rings. The maximum absolute atomic E-state index is 11.8. The Morgan fingerprint density at radius 2 is 2.00 bits per heavy atom. The quantitative estimate of drug-likeness (QED) is 0.823. The lowest BCUT2D eigenvalue weighted by molar-refractivity contribution is 0.0690. The minimum Gasteiger partial charge on any atom is -0.477 e. The second kappa shape index (κ2) is 7.67. The molecular formula is C17H19ClN4O3. The van der Waals surface area contributed by atoms with Gasteiger partial charge in [-0.3, -0.25) is 9.91 Å². The van der Waals surface area contributed by atoms with Crippen LogP contribution in [-0.2, 0) is 6.54 Å². The van der Waals surface area contributed by atoms with Crippen LogP contribution in [0.15, 0.2) is 33.9 Å². The molecule has 0 bridgehead atoms. The molecule has 0 saturated carbocycles. The first kappa shape index (κ1) is 17.4. The van der Waals surface area contributed by atoms with Crippen LogP contribution in [0.25, 0.3) is 11.3 Å². The first-order chi connectivity index (χ1) is 12.1. The van der Waals surface area contributed by atoms with E-state index >= 15 is 0 Å². The Balaban J connectivity index is 1.78. The lowest BCUT2D eigenvalue weighted by Gasteiger charge is -2.32. The van der Waals surface area contributed by atoms with Crippen LogP contribution in [0, 0.1) is 0 Å². The molecule has 25 heavy (non-hydrogen) atoms. The van der Waals surface area contributed by atoms with Crippen LogP contribution >= 0.6 is 11.6 Å². The summed E-state index contributed by atoms with van der Waals surface area (Å²) < 4.78 is 5.37. The van der Waals surface area contributed by atoms with Gasteiger partial charge in [0.1, 0.15) is 11.3 Å². The van der Waals surface area contributed by atoms with Crippen molar-refractivity contribution in [1.29, 1.82) is 0 Å². The van der Waals surface area contributed by atoms with Gasteiger partial charge in [0, 0.05) is 43.0 Å². The van der Waals surface area contributed by atoms with E-state index in [4.69, 9.17) is 16.1 Å². The van der Waals surface area contributed by atoms with Gasteiger partial charge < -0.3 is 9.63 Å². The van der Waals surface area contributed by atoms with E-state index in [1.807, 2.05) is 11.9 Å². The third-order valence-electron chi connectivity index (χ3n) is 4.09. The molecule has 1 aliphatic heterocycles. The lowest BCUT2D eigenvalue weighted by Crippen LogP contribution is -2.43. The number of nitrogens with zero attached hydrogens (tertiary/aromatic N) is 4. The molecule has 1 aromatic heterocycles. The number of carboxylic acid groups (broad SMARTS) is 1. The molecule has 0 unspecified atom stereocenters. The fourth-order valence-electron chi connectivity index (χ4n) is 2.83. The lowest BCUT2D eigenvalue weighted by atomic mass is 10.1. The van der Waals surface area contributed by atoms with E-state index in [0.29, 0.717) is 28.6 Å². The number of carbonyl (C=O) groups is 1. The Labute approximate surface area is 150 Å². The summed E-state index contributed by atoms with van der Waals surface area (Å²) in [7, 11) is 0. The molecule has 0 radical (unpaired) electrons. The highest BCUT2D eigenvalue weighted by Crippen LogP contribution is 2.27. The summed E-state index contributed by atoms with van der Waals surface area (Å²) in [5.41, 5.74) is 1.10. The van der Waals surface area contributed by atoms with E-state index in [0.717, 1.165) is 26.2 Å². The maximum atomic E-state index is 11.8. The highest BCUT2D eigenvalue weighted by Gasteiger charge is 2.26. The Kier molecular flexibility index (Phi) is 5.35. The van der Waals surface area contributed by atoms with Crippen molar-refractivity contribution >= 4 is 23.8 Å². The zero-order valence-electron chi connectivity index (χ0n) is 13.9. The predicted octanol–water partition coefficient (Wildman–Crippen LogP) is 2.82. The number of benzene rings is 1. The van der Waals surface area contributed by atoms with Gasteiger partial charge in [-0.1, -0.05) is 28.9 Å². The van der Waals surface area contributed by atoms with E-state index in [1.165, 1.54) is 0 Å². The van der Waals surface area contributed by atoms with Crippen LogP contribution in [0.5, 0.6) is 0 Å². The summed E-state index contributed by atoms with van der Waals surface area (Å²) in [6.07, 6.45) is 1.77. The van der Waals surface area contributed by atoms with Gasteiger partial charge in [0.25, 0.3) is 0 Å². The number of rotatable bonds is 5. The first-order valence-electron chi connectivity index (χ1n) is 8.02. The first-order valence-corrected chi connectivity index (χ1v) is 8.40. The number of aromatic nitrogens is 1. The van der Waals surface area contributed by atoms with Crippen LogP contribution in [0.1, 0.15) is 23.0 Å². The topological polar surface area (TPSA) is 82.2 Å². The van der Waals surface area contributed by atoms with Gasteiger partial charge in [0.05, 0.1) is 6.54 Å². The molecule has 7 nitrogen and oxygen atoms in total. The summed E-state index contributed by atoms with van der Waals surface area (Å²) in [5, 5.41) is 20.4. The van der Waals surface area contributed by atoms with Crippen molar-refractivity contribution in [3.8, 4) is 11.3 Å². The van der Waals surface area contributed by atoms with E-state index in [1.54, 1.807) is 30.5 Å². The van der Waals surface area contributed by atoms with Gasteiger partial charge in [0.2, 0.25) is 0 Å². The van der Waals surface area contributed by atoms with E-state index in [9.17, 15) is 9.90 Å². The minimum atomic E-state index is -1.05. The number of hydrogen-bond donors (Lipinski definition) is 1. The molecule has 0 spiro atoms.